The molecular formula is C21H17F4N5O4. The molecule has 0 aliphatic carbocycles. The van der Waals surface area contributed by atoms with E-state index in [-0.39, 0.29) is 30.0 Å². The highest BCUT2D eigenvalue weighted by Crippen LogP contribution is 2.37. The number of hydrogen-bond acceptors (Lipinski definition) is 7. The standard InChI is InChI=1S/C21H17F4N5O4/c1-21(2,32)20-29-14(17(24)25)16(34-20)19(31)30-4-3-10-13(27-7-26-10)15(30)18-28-12-9(23)5-8(22)6-11(12)33-18/h5-7,15,17,32H,3-4H2,1-2H3,(H,26,27)/t15-/m0/s1. The summed E-state index contributed by atoms with van der Waals surface area (Å²) in [5.41, 5.74) is -2.18. The fraction of sp³-hybridized carbons (Fsp3) is 0.333. The van der Waals surface area contributed by atoms with Crippen LogP contribution < -0.4 is 0 Å². The van der Waals surface area contributed by atoms with Crippen LogP contribution in [0.2, 0.25) is 0 Å². The summed E-state index contributed by atoms with van der Waals surface area (Å²) in [6.45, 7) is 2.55. The molecule has 0 saturated heterocycles. The lowest BCUT2D eigenvalue weighted by Crippen LogP contribution is -2.41. The van der Waals surface area contributed by atoms with Crippen LogP contribution >= 0.6 is 0 Å². The van der Waals surface area contributed by atoms with Crippen molar-refractivity contribution >= 4 is 17.0 Å². The van der Waals surface area contributed by atoms with Crippen molar-refractivity contribution in [1.82, 2.24) is 24.8 Å². The van der Waals surface area contributed by atoms with Gasteiger partial charge in [0.25, 0.3) is 12.3 Å². The van der Waals surface area contributed by atoms with Gasteiger partial charge in [-0.05, 0) is 13.8 Å². The number of imidazole rings is 1. The van der Waals surface area contributed by atoms with Gasteiger partial charge in [-0.25, -0.2) is 32.5 Å². The van der Waals surface area contributed by atoms with E-state index in [4.69, 9.17) is 8.83 Å². The molecule has 0 bridgehead atoms. The molecule has 1 atom stereocenters. The van der Waals surface area contributed by atoms with Crippen LogP contribution in [-0.2, 0) is 12.0 Å². The molecule has 13 heteroatoms. The number of hydrogen-bond donors (Lipinski definition) is 2. The highest BCUT2D eigenvalue weighted by atomic mass is 19.3. The average Bonchev–Trinajstić information content (AvgIpc) is 3.49. The summed E-state index contributed by atoms with van der Waals surface area (Å²) in [7, 11) is 0. The zero-order valence-corrected chi connectivity index (χ0v) is 17.8. The van der Waals surface area contributed by atoms with E-state index in [1.54, 1.807) is 0 Å². The second-order valence-corrected chi connectivity index (χ2v) is 8.30. The van der Waals surface area contributed by atoms with E-state index >= 15 is 0 Å². The second kappa shape index (κ2) is 7.65. The molecule has 2 N–H and O–H groups in total. The summed E-state index contributed by atoms with van der Waals surface area (Å²) in [4.78, 5) is 29.4. The maximum atomic E-state index is 14.2. The minimum absolute atomic E-state index is 0.00942. The van der Waals surface area contributed by atoms with Crippen molar-refractivity contribution in [2.24, 2.45) is 0 Å². The number of aliphatic hydroxyl groups is 1. The summed E-state index contributed by atoms with van der Waals surface area (Å²) in [5, 5.41) is 10.1. The molecule has 34 heavy (non-hydrogen) atoms. The number of H-pyrrole nitrogens is 1. The molecule has 9 nitrogen and oxygen atoms in total. The van der Waals surface area contributed by atoms with Crippen LogP contribution in [0, 0.1) is 11.6 Å². The van der Waals surface area contributed by atoms with Gasteiger partial charge in [-0.15, -0.1) is 0 Å². The van der Waals surface area contributed by atoms with Crippen LogP contribution in [0.25, 0.3) is 11.1 Å². The van der Waals surface area contributed by atoms with Gasteiger partial charge in [0, 0.05) is 30.8 Å². The third-order valence-corrected chi connectivity index (χ3v) is 5.43. The van der Waals surface area contributed by atoms with Crippen LogP contribution in [0.4, 0.5) is 17.6 Å². The first kappa shape index (κ1) is 22.1. The van der Waals surface area contributed by atoms with Crippen molar-refractivity contribution in [3.05, 3.63) is 64.7 Å². The smallest absolute Gasteiger partial charge is 0.292 e. The molecule has 1 aromatic carbocycles. The first-order valence-corrected chi connectivity index (χ1v) is 10.1. The predicted molar refractivity (Wildman–Crippen MR) is 106 cm³/mol. The predicted octanol–water partition coefficient (Wildman–Crippen LogP) is 3.77. The zero-order chi connectivity index (χ0) is 24.4. The zero-order valence-electron chi connectivity index (χ0n) is 17.8. The number of benzene rings is 1. The molecule has 178 valence electrons. The molecule has 5 rings (SSSR count). The van der Waals surface area contributed by atoms with Crippen molar-refractivity contribution in [2.45, 2.75) is 38.3 Å². The van der Waals surface area contributed by atoms with E-state index in [0.29, 0.717) is 17.5 Å². The molecule has 0 radical (unpaired) electrons. The van der Waals surface area contributed by atoms with E-state index in [0.717, 1.165) is 11.0 Å². The Morgan fingerprint density at radius 1 is 1.26 bits per heavy atom. The Balaban J connectivity index is 1.64. The number of halogens is 4. The molecule has 0 spiro atoms. The molecule has 4 aromatic rings. The molecule has 1 amide bonds. The minimum atomic E-state index is -3.16. The van der Waals surface area contributed by atoms with E-state index in [1.807, 2.05) is 0 Å². The van der Waals surface area contributed by atoms with Crippen LogP contribution in [0.5, 0.6) is 0 Å². The van der Waals surface area contributed by atoms with Crippen LogP contribution in [0.1, 0.15) is 65.7 Å². The van der Waals surface area contributed by atoms with Crippen molar-refractivity contribution < 1.29 is 36.3 Å². The molecule has 1 aliphatic heterocycles. The molecule has 4 heterocycles. The Morgan fingerprint density at radius 3 is 2.74 bits per heavy atom. The monoisotopic (exact) mass is 479 g/mol. The lowest BCUT2D eigenvalue weighted by molar-refractivity contribution is 0.0436. The van der Waals surface area contributed by atoms with Crippen molar-refractivity contribution in [3.63, 3.8) is 0 Å². The number of oxazole rings is 2. The van der Waals surface area contributed by atoms with Gasteiger partial charge < -0.3 is 23.8 Å². The Labute approximate surface area is 188 Å². The van der Waals surface area contributed by atoms with Gasteiger partial charge in [0.05, 0.1) is 12.0 Å². The number of amides is 1. The Morgan fingerprint density at radius 2 is 2.03 bits per heavy atom. The van der Waals surface area contributed by atoms with Crippen molar-refractivity contribution in [2.75, 3.05) is 6.54 Å². The minimum Gasteiger partial charge on any atom is -0.438 e. The highest BCUT2D eigenvalue weighted by Gasteiger charge is 2.42. The number of nitrogens with one attached hydrogen (secondary N) is 1. The van der Waals surface area contributed by atoms with E-state index in [1.165, 1.54) is 20.2 Å². The van der Waals surface area contributed by atoms with Crippen LogP contribution in [0.3, 0.4) is 0 Å². The number of carbonyl (C=O) groups is 1. The molecule has 1 aliphatic rings. The quantitative estimate of drug-likeness (QED) is 0.428. The number of alkyl halides is 2. The molecule has 0 fully saturated rings. The van der Waals surface area contributed by atoms with Gasteiger partial charge in [0.15, 0.2) is 23.1 Å². The number of aromatic amines is 1. The van der Waals surface area contributed by atoms with Gasteiger partial charge in [-0.2, -0.15) is 0 Å². The van der Waals surface area contributed by atoms with Gasteiger partial charge in [-0.1, -0.05) is 0 Å². The fourth-order valence-electron chi connectivity index (χ4n) is 3.86. The van der Waals surface area contributed by atoms with Gasteiger partial charge in [0.1, 0.15) is 16.9 Å². The SMILES string of the molecule is CC(C)(O)c1nc(C(F)F)c(C(=O)N2CCc3[nH]cnc3[C@H]2c2nc3c(F)cc(F)cc3o2)o1. The Bertz CT molecular complexity index is 1400. The topological polar surface area (TPSA) is 121 Å². The Kier molecular flexibility index (Phi) is 4.97. The summed E-state index contributed by atoms with van der Waals surface area (Å²) in [6, 6.07) is 0.426. The van der Waals surface area contributed by atoms with E-state index in [9.17, 15) is 27.5 Å². The number of nitrogens with zero attached hydrogens (tertiary/aromatic N) is 4. The molecule has 0 saturated carbocycles. The molecule has 0 unspecified atom stereocenters. The highest BCUT2D eigenvalue weighted by molar-refractivity contribution is 5.93. The molecule has 3 aromatic heterocycles. The van der Waals surface area contributed by atoms with E-state index in [2.05, 4.69) is 19.9 Å². The first-order chi connectivity index (χ1) is 16.0. The third-order valence-electron chi connectivity index (χ3n) is 5.43. The number of rotatable bonds is 4. The maximum Gasteiger partial charge on any atom is 0.292 e. The van der Waals surface area contributed by atoms with Gasteiger partial charge >= 0.3 is 0 Å². The number of aromatic nitrogens is 4. The Hall–Kier alpha value is -3.74. The summed E-state index contributed by atoms with van der Waals surface area (Å²) in [5.74, 6) is -4.24. The van der Waals surface area contributed by atoms with Crippen LogP contribution in [-0.4, -0.2) is 42.4 Å². The first-order valence-electron chi connectivity index (χ1n) is 10.1. The third kappa shape index (κ3) is 3.52. The lowest BCUT2D eigenvalue weighted by Gasteiger charge is -2.32. The molecular weight excluding hydrogens is 462 g/mol. The van der Waals surface area contributed by atoms with Crippen molar-refractivity contribution in [1.29, 1.82) is 0 Å². The maximum absolute atomic E-state index is 14.2. The second-order valence-electron chi connectivity index (χ2n) is 8.30. The summed E-state index contributed by atoms with van der Waals surface area (Å²) in [6.07, 6.45) is -1.50. The number of fused-ring (bicyclic) bond motifs is 2. The fourth-order valence-corrected chi connectivity index (χ4v) is 3.86. The van der Waals surface area contributed by atoms with Gasteiger partial charge in [0.2, 0.25) is 17.5 Å². The van der Waals surface area contributed by atoms with Gasteiger partial charge in [-0.3, -0.25) is 4.79 Å². The van der Waals surface area contributed by atoms with E-state index < -0.39 is 53.0 Å². The van der Waals surface area contributed by atoms with Crippen LogP contribution in [0.15, 0.2) is 27.3 Å². The normalized spacial score (nSPS) is 16.5. The average molecular weight is 479 g/mol. The van der Waals surface area contributed by atoms with Crippen molar-refractivity contribution in [3.8, 4) is 0 Å². The lowest BCUT2D eigenvalue weighted by atomic mass is 10.0. The summed E-state index contributed by atoms with van der Waals surface area (Å²) < 4.78 is 66.1. The number of carbonyl (C=O) groups excluding carboxylic acids is 1. The summed E-state index contributed by atoms with van der Waals surface area (Å²) >= 11 is 0. The largest absolute Gasteiger partial charge is 0.438 e.